The number of alkyl halides is 3. The van der Waals surface area contributed by atoms with Crippen LogP contribution in [-0.4, -0.2) is 21.8 Å². The fourth-order valence-electron chi connectivity index (χ4n) is 3.11. The number of carbonyl (C=O) groups is 1. The molecule has 1 aliphatic heterocycles. The van der Waals surface area contributed by atoms with Crippen molar-refractivity contribution in [3.63, 3.8) is 0 Å². The molecule has 1 aliphatic carbocycles. The Morgan fingerprint density at radius 2 is 1.93 bits per heavy atom. The topological polar surface area (TPSA) is 96.0 Å². The van der Waals surface area contributed by atoms with Gasteiger partial charge in [-0.25, -0.2) is 9.59 Å². The van der Waals surface area contributed by atoms with E-state index in [0.717, 1.165) is 18.9 Å². The van der Waals surface area contributed by atoms with Gasteiger partial charge in [0.25, 0.3) is 5.56 Å². The summed E-state index contributed by atoms with van der Waals surface area (Å²) in [4.78, 5) is 37.1. The van der Waals surface area contributed by atoms with Crippen molar-refractivity contribution in [2.24, 2.45) is 5.92 Å². The van der Waals surface area contributed by atoms with Crippen LogP contribution in [0, 0.1) is 17.8 Å². The number of H-pyrrole nitrogens is 1. The number of amides is 2. The third-order valence-electron chi connectivity index (χ3n) is 4.75. The Kier molecular flexibility index (Phi) is 4.26. The normalized spacial score (nSPS) is 20.7. The molecule has 4 rings (SSSR count). The minimum Gasteiger partial charge on any atom is -0.310 e. The van der Waals surface area contributed by atoms with Crippen molar-refractivity contribution in [2.75, 3.05) is 5.32 Å². The van der Waals surface area contributed by atoms with Crippen LogP contribution >= 0.6 is 0 Å². The fraction of sp³-hybridized carbons (Fsp3) is 0.316. The maximum Gasteiger partial charge on any atom is 0.427 e. The second-order valence-corrected chi connectivity index (χ2v) is 6.99. The van der Waals surface area contributed by atoms with Gasteiger partial charge in [-0.3, -0.25) is 14.3 Å². The van der Waals surface area contributed by atoms with Crippen LogP contribution in [0.3, 0.4) is 0 Å². The van der Waals surface area contributed by atoms with Crippen molar-refractivity contribution in [2.45, 2.75) is 31.1 Å². The predicted octanol–water partition coefficient (Wildman–Crippen LogP) is 1.89. The zero-order valence-corrected chi connectivity index (χ0v) is 14.9. The SMILES string of the molecule is O=C1Nc2cc(Cn3ccc(=O)[nH]c3=O)ccc2[C@@](C#CC2CC2)(C(F)(F)F)N1. The van der Waals surface area contributed by atoms with Gasteiger partial charge < -0.3 is 10.6 Å². The summed E-state index contributed by atoms with van der Waals surface area (Å²) in [6, 6.07) is 4.18. The van der Waals surface area contributed by atoms with Crippen LogP contribution in [0.4, 0.5) is 23.7 Å². The van der Waals surface area contributed by atoms with Crippen LogP contribution in [0.1, 0.15) is 24.0 Å². The maximum atomic E-state index is 14.0. The fourth-order valence-corrected chi connectivity index (χ4v) is 3.11. The summed E-state index contributed by atoms with van der Waals surface area (Å²) in [7, 11) is 0. The van der Waals surface area contributed by atoms with E-state index in [9.17, 15) is 27.6 Å². The number of rotatable bonds is 2. The quantitative estimate of drug-likeness (QED) is 0.667. The lowest BCUT2D eigenvalue weighted by atomic mass is 9.85. The van der Waals surface area contributed by atoms with Crippen LogP contribution in [0.25, 0.3) is 0 Å². The standard InChI is InChI=1S/C19H15F3N4O3/c20-19(21,22)18(7-5-11-1-2-11)13-4-3-12(9-14(13)23-16(28)25-18)10-26-8-6-15(27)24-17(26)29/h3-4,6,8-9,11H,1-2,10H2,(H2,23,25,28)(H,24,27,29)/t18-/m0/s1. The van der Waals surface area contributed by atoms with Gasteiger partial charge >= 0.3 is 17.9 Å². The Bertz CT molecular complexity index is 1170. The van der Waals surface area contributed by atoms with E-state index in [1.165, 1.54) is 29.0 Å². The van der Waals surface area contributed by atoms with Crippen molar-refractivity contribution < 1.29 is 18.0 Å². The van der Waals surface area contributed by atoms with E-state index in [2.05, 4.69) is 22.1 Å². The molecule has 0 bridgehead atoms. The van der Waals surface area contributed by atoms with Crippen molar-refractivity contribution in [1.82, 2.24) is 14.9 Å². The number of aromatic nitrogens is 2. The zero-order chi connectivity index (χ0) is 20.8. The Morgan fingerprint density at radius 1 is 1.17 bits per heavy atom. The molecule has 2 aliphatic rings. The van der Waals surface area contributed by atoms with E-state index in [1.54, 1.807) is 0 Å². The van der Waals surface area contributed by atoms with E-state index < -0.39 is 29.0 Å². The molecule has 2 heterocycles. The molecular weight excluding hydrogens is 389 g/mol. The second-order valence-electron chi connectivity index (χ2n) is 6.99. The lowest BCUT2D eigenvalue weighted by molar-refractivity contribution is -0.178. The smallest absolute Gasteiger partial charge is 0.310 e. The van der Waals surface area contributed by atoms with E-state index in [-0.39, 0.29) is 23.7 Å². The molecule has 3 N–H and O–H groups in total. The minimum atomic E-state index is -4.83. The lowest BCUT2D eigenvalue weighted by Gasteiger charge is -2.37. The number of halogens is 3. The number of hydrogen-bond acceptors (Lipinski definition) is 3. The first-order chi connectivity index (χ1) is 13.7. The number of urea groups is 1. The summed E-state index contributed by atoms with van der Waals surface area (Å²) in [5.74, 6) is 4.79. The largest absolute Gasteiger partial charge is 0.427 e. The summed E-state index contributed by atoms with van der Waals surface area (Å²) in [6.07, 6.45) is -2.07. The van der Waals surface area contributed by atoms with Crippen LogP contribution in [0.5, 0.6) is 0 Å². The highest BCUT2D eigenvalue weighted by atomic mass is 19.4. The third kappa shape index (κ3) is 3.51. The molecule has 0 unspecified atom stereocenters. The van der Waals surface area contributed by atoms with E-state index in [1.807, 2.05) is 5.32 Å². The molecule has 1 fully saturated rings. The average Bonchev–Trinajstić information content (AvgIpc) is 3.45. The average molecular weight is 404 g/mol. The van der Waals surface area contributed by atoms with Crippen LogP contribution in [0.15, 0.2) is 40.1 Å². The number of nitrogens with zero attached hydrogens (tertiary/aromatic N) is 1. The van der Waals surface area contributed by atoms with E-state index in [0.29, 0.717) is 5.56 Å². The first kappa shape index (κ1) is 18.9. The number of aromatic amines is 1. The molecule has 7 nitrogen and oxygen atoms in total. The van der Waals surface area contributed by atoms with Gasteiger partial charge in [0, 0.05) is 29.4 Å². The zero-order valence-electron chi connectivity index (χ0n) is 14.9. The number of benzene rings is 1. The van der Waals surface area contributed by atoms with Gasteiger partial charge in [-0.15, -0.1) is 0 Å². The van der Waals surface area contributed by atoms with E-state index in [4.69, 9.17) is 0 Å². The van der Waals surface area contributed by atoms with Crippen molar-refractivity contribution in [3.8, 4) is 11.8 Å². The Labute approximate surface area is 161 Å². The summed E-state index contributed by atoms with van der Waals surface area (Å²) in [5.41, 5.74) is -3.80. The summed E-state index contributed by atoms with van der Waals surface area (Å²) < 4.78 is 43.3. The Hall–Kier alpha value is -3.48. The molecule has 10 heteroatoms. The van der Waals surface area contributed by atoms with Gasteiger partial charge in [-0.2, -0.15) is 13.2 Å². The van der Waals surface area contributed by atoms with Gasteiger partial charge in [0.05, 0.1) is 6.54 Å². The summed E-state index contributed by atoms with van der Waals surface area (Å²) in [5, 5.41) is 4.33. The second kappa shape index (κ2) is 6.55. The van der Waals surface area contributed by atoms with Gasteiger partial charge in [0.1, 0.15) is 0 Å². The summed E-state index contributed by atoms with van der Waals surface area (Å²) >= 11 is 0. The Morgan fingerprint density at radius 3 is 2.59 bits per heavy atom. The first-order valence-electron chi connectivity index (χ1n) is 8.80. The van der Waals surface area contributed by atoms with Crippen molar-refractivity contribution >= 4 is 11.7 Å². The molecule has 1 saturated carbocycles. The van der Waals surface area contributed by atoms with Gasteiger partial charge in [0.15, 0.2) is 0 Å². The number of carbonyl (C=O) groups excluding carboxylic acids is 1. The molecular formula is C19H15F3N4O3. The molecule has 1 aromatic heterocycles. The molecule has 1 aromatic carbocycles. The molecule has 0 radical (unpaired) electrons. The Balaban J connectivity index is 1.77. The molecule has 29 heavy (non-hydrogen) atoms. The maximum absolute atomic E-state index is 14.0. The lowest BCUT2D eigenvalue weighted by Crippen LogP contribution is -2.59. The third-order valence-corrected chi connectivity index (χ3v) is 4.75. The number of anilines is 1. The molecule has 1 atom stereocenters. The molecule has 0 saturated heterocycles. The highest BCUT2D eigenvalue weighted by molar-refractivity contribution is 5.95. The van der Waals surface area contributed by atoms with Crippen molar-refractivity contribution in [3.05, 3.63) is 62.4 Å². The monoisotopic (exact) mass is 404 g/mol. The van der Waals surface area contributed by atoms with Crippen LogP contribution in [0.2, 0.25) is 0 Å². The summed E-state index contributed by atoms with van der Waals surface area (Å²) in [6.45, 7) is -0.00103. The van der Waals surface area contributed by atoms with Crippen LogP contribution in [-0.2, 0) is 12.1 Å². The minimum absolute atomic E-state index is 0.00103. The predicted molar refractivity (Wildman–Crippen MR) is 97.3 cm³/mol. The number of fused-ring (bicyclic) bond motifs is 1. The van der Waals surface area contributed by atoms with Crippen LogP contribution < -0.4 is 21.9 Å². The number of nitrogens with one attached hydrogen (secondary N) is 3. The first-order valence-corrected chi connectivity index (χ1v) is 8.80. The van der Waals surface area contributed by atoms with E-state index >= 15 is 0 Å². The molecule has 2 amide bonds. The molecule has 2 aromatic rings. The van der Waals surface area contributed by atoms with Gasteiger partial charge in [-0.1, -0.05) is 24.0 Å². The van der Waals surface area contributed by atoms with Gasteiger partial charge in [-0.05, 0) is 24.5 Å². The highest BCUT2D eigenvalue weighted by Crippen LogP contribution is 2.44. The van der Waals surface area contributed by atoms with Gasteiger partial charge in [0.2, 0.25) is 5.54 Å². The highest BCUT2D eigenvalue weighted by Gasteiger charge is 2.59. The molecule has 0 spiro atoms. The van der Waals surface area contributed by atoms with Crippen molar-refractivity contribution in [1.29, 1.82) is 0 Å². The molecule has 150 valence electrons. The number of hydrogen-bond donors (Lipinski definition) is 3.